The van der Waals surface area contributed by atoms with Gasteiger partial charge in [0.25, 0.3) is 15.9 Å². The summed E-state index contributed by atoms with van der Waals surface area (Å²) in [5.74, 6) is -0.456. The molecule has 8 nitrogen and oxygen atoms in total. The number of ether oxygens (including phenoxy) is 1. The molecule has 3 aromatic heterocycles. The molecular formula is C21H21N3O5S2. The van der Waals surface area contributed by atoms with Crippen LogP contribution >= 0.6 is 11.3 Å². The number of carbonyl (C=O) groups is 1. The van der Waals surface area contributed by atoms with Gasteiger partial charge in [0.05, 0.1) is 10.6 Å². The van der Waals surface area contributed by atoms with E-state index in [1.165, 1.54) is 24.5 Å². The second kappa shape index (κ2) is 9.56. The van der Waals surface area contributed by atoms with E-state index in [1.54, 1.807) is 30.5 Å². The monoisotopic (exact) mass is 459 g/mol. The van der Waals surface area contributed by atoms with Crippen molar-refractivity contribution in [2.45, 2.75) is 29.8 Å². The van der Waals surface area contributed by atoms with Gasteiger partial charge < -0.3 is 4.74 Å². The molecule has 10 heteroatoms. The van der Waals surface area contributed by atoms with Gasteiger partial charge in [-0.05, 0) is 54.8 Å². The minimum Gasteiger partial charge on any atom is -0.350 e. The van der Waals surface area contributed by atoms with Crippen LogP contribution in [0.4, 0.5) is 0 Å². The topological polar surface area (TPSA) is 99.5 Å². The zero-order chi connectivity index (χ0) is 21.7. The number of hydroxylamine groups is 1. The van der Waals surface area contributed by atoms with Gasteiger partial charge in [0, 0.05) is 37.7 Å². The van der Waals surface area contributed by atoms with E-state index in [0.29, 0.717) is 12.2 Å². The average molecular weight is 460 g/mol. The Hall–Kier alpha value is -2.79. The first-order valence-corrected chi connectivity index (χ1v) is 12.0. The summed E-state index contributed by atoms with van der Waals surface area (Å²) < 4.78 is 32.6. The van der Waals surface area contributed by atoms with Gasteiger partial charge in [-0.25, -0.2) is 14.3 Å². The van der Waals surface area contributed by atoms with Crippen LogP contribution in [0.2, 0.25) is 0 Å². The van der Waals surface area contributed by atoms with Crippen molar-refractivity contribution >= 4 is 33.3 Å². The number of nitrogens with zero attached hydrogens (tertiary/aromatic N) is 2. The molecule has 31 heavy (non-hydrogen) atoms. The van der Waals surface area contributed by atoms with Gasteiger partial charge >= 0.3 is 0 Å². The summed E-state index contributed by atoms with van der Waals surface area (Å²) in [4.78, 5) is 22.1. The Morgan fingerprint density at radius 2 is 2.16 bits per heavy atom. The van der Waals surface area contributed by atoms with Crippen molar-refractivity contribution in [1.82, 2.24) is 14.4 Å². The lowest BCUT2D eigenvalue weighted by Gasteiger charge is -2.21. The summed E-state index contributed by atoms with van der Waals surface area (Å²) in [7, 11) is -3.74. The lowest BCUT2D eigenvalue weighted by Crippen LogP contribution is -2.32. The molecule has 162 valence electrons. The van der Waals surface area contributed by atoms with Crippen molar-refractivity contribution in [2.75, 3.05) is 6.61 Å². The van der Waals surface area contributed by atoms with Crippen molar-refractivity contribution in [3.63, 3.8) is 0 Å². The van der Waals surface area contributed by atoms with E-state index < -0.39 is 22.2 Å². The van der Waals surface area contributed by atoms with E-state index in [4.69, 9.17) is 9.57 Å². The van der Waals surface area contributed by atoms with Crippen molar-refractivity contribution in [3.8, 4) is 10.6 Å². The first-order chi connectivity index (χ1) is 15.0. The normalized spacial score (nSPS) is 17.1. The van der Waals surface area contributed by atoms with E-state index in [-0.39, 0.29) is 4.21 Å². The quantitative estimate of drug-likeness (QED) is 0.429. The minimum absolute atomic E-state index is 0.206. The van der Waals surface area contributed by atoms with Crippen molar-refractivity contribution in [2.24, 2.45) is 0 Å². The molecule has 0 spiro atoms. The summed E-state index contributed by atoms with van der Waals surface area (Å²) in [5.41, 5.74) is 3.61. The molecule has 1 aliphatic heterocycles. The molecule has 4 rings (SSSR count). The Labute approximate surface area is 184 Å². The summed E-state index contributed by atoms with van der Waals surface area (Å²) in [5, 5.41) is 0. The Morgan fingerprint density at radius 3 is 2.94 bits per heavy atom. The number of hydrogen-bond donors (Lipinski definition) is 1. The fraction of sp³-hybridized carbons (Fsp3) is 0.238. The highest BCUT2D eigenvalue weighted by Gasteiger charge is 2.20. The van der Waals surface area contributed by atoms with Gasteiger partial charge in [-0.3, -0.25) is 9.78 Å². The zero-order valence-corrected chi connectivity index (χ0v) is 18.1. The Balaban J connectivity index is 1.40. The maximum atomic E-state index is 12.9. The van der Waals surface area contributed by atoms with Crippen LogP contribution in [-0.2, 0) is 24.4 Å². The third-order valence-corrected chi connectivity index (χ3v) is 7.79. The molecule has 0 aliphatic carbocycles. The second-order valence-electron chi connectivity index (χ2n) is 6.83. The number of amides is 1. The molecule has 1 aliphatic rings. The molecule has 1 N–H and O–H groups in total. The predicted molar refractivity (Wildman–Crippen MR) is 116 cm³/mol. The molecular weight excluding hydrogens is 438 g/mol. The average Bonchev–Trinajstić information content (AvgIpc) is 3.48. The predicted octanol–water partition coefficient (Wildman–Crippen LogP) is 3.44. The van der Waals surface area contributed by atoms with Gasteiger partial charge in [-0.2, -0.15) is 8.42 Å². The molecule has 0 saturated carbocycles. The maximum absolute atomic E-state index is 12.9. The van der Waals surface area contributed by atoms with Crippen molar-refractivity contribution < 1.29 is 22.8 Å². The molecule has 1 saturated heterocycles. The van der Waals surface area contributed by atoms with E-state index in [9.17, 15) is 13.2 Å². The largest absolute Gasteiger partial charge is 0.350 e. The van der Waals surface area contributed by atoms with Crippen LogP contribution in [0.15, 0.2) is 65.3 Å². The number of hydrogen-bond acceptors (Lipinski definition) is 7. The first-order valence-electron chi connectivity index (χ1n) is 9.72. The van der Waals surface area contributed by atoms with Crippen LogP contribution in [0.5, 0.6) is 0 Å². The van der Waals surface area contributed by atoms with Gasteiger partial charge in [-0.1, -0.05) is 6.07 Å². The van der Waals surface area contributed by atoms with Crippen LogP contribution < -0.4 is 5.48 Å². The number of pyridine rings is 1. The molecule has 4 heterocycles. The number of rotatable bonds is 7. The number of thiophene rings is 1. The SMILES string of the molecule is O=C(C=Cc1ccn(S(=O)(=O)c2ccc(-c3ccccn3)s2)c1)NOC1CCCCO1. The number of carbonyl (C=O) groups excluding carboxylic acids is 1. The standard InChI is InChI=1S/C21H21N3O5S2/c25-19(23-29-20-6-2-4-14-28-20)9-7-16-11-13-24(15-16)31(26,27)21-10-8-18(30-21)17-5-1-3-12-22-17/h1,3,5,7-13,15,20H,2,4,6,14H2,(H,23,25). The lowest BCUT2D eigenvalue weighted by molar-refractivity contribution is -0.198. The molecule has 0 radical (unpaired) electrons. The van der Waals surface area contributed by atoms with Gasteiger partial charge in [0.15, 0.2) is 6.29 Å². The highest BCUT2D eigenvalue weighted by Crippen LogP contribution is 2.30. The molecule has 3 aromatic rings. The lowest BCUT2D eigenvalue weighted by atomic mass is 10.2. The van der Waals surface area contributed by atoms with Gasteiger partial charge in [0.2, 0.25) is 0 Å². The maximum Gasteiger partial charge on any atom is 0.277 e. The molecule has 0 aromatic carbocycles. The Morgan fingerprint density at radius 1 is 1.26 bits per heavy atom. The summed E-state index contributed by atoms with van der Waals surface area (Å²) >= 11 is 1.15. The zero-order valence-electron chi connectivity index (χ0n) is 16.5. The third kappa shape index (κ3) is 5.28. The minimum atomic E-state index is -3.74. The Bertz CT molecular complexity index is 1160. The van der Waals surface area contributed by atoms with Crippen LogP contribution in [0.25, 0.3) is 16.6 Å². The van der Waals surface area contributed by atoms with E-state index >= 15 is 0 Å². The van der Waals surface area contributed by atoms with Crippen molar-refractivity contribution in [1.29, 1.82) is 0 Å². The van der Waals surface area contributed by atoms with E-state index in [2.05, 4.69) is 10.5 Å². The summed E-state index contributed by atoms with van der Waals surface area (Å²) in [6, 6.07) is 10.4. The van der Waals surface area contributed by atoms with Gasteiger partial charge in [0.1, 0.15) is 4.21 Å². The second-order valence-corrected chi connectivity index (χ2v) is 9.98. The fourth-order valence-electron chi connectivity index (χ4n) is 2.98. The molecule has 1 fully saturated rings. The summed E-state index contributed by atoms with van der Waals surface area (Å²) in [6.07, 6.45) is 9.63. The van der Waals surface area contributed by atoms with Crippen LogP contribution in [-0.4, -0.2) is 36.2 Å². The molecule has 1 amide bonds. The third-order valence-electron chi connectivity index (χ3n) is 4.58. The van der Waals surface area contributed by atoms with E-state index in [0.717, 1.165) is 45.1 Å². The molecule has 1 atom stereocenters. The Kier molecular flexibility index (Phi) is 6.62. The van der Waals surface area contributed by atoms with Crippen LogP contribution in [0.1, 0.15) is 24.8 Å². The highest BCUT2D eigenvalue weighted by atomic mass is 32.2. The van der Waals surface area contributed by atoms with Crippen LogP contribution in [0, 0.1) is 0 Å². The molecule has 1 unspecified atom stereocenters. The smallest absolute Gasteiger partial charge is 0.277 e. The molecule has 0 bridgehead atoms. The summed E-state index contributed by atoms with van der Waals surface area (Å²) in [6.45, 7) is 0.617. The fourth-order valence-corrected chi connectivity index (χ4v) is 5.58. The van der Waals surface area contributed by atoms with Crippen LogP contribution in [0.3, 0.4) is 0 Å². The van der Waals surface area contributed by atoms with Gasteiger partial charge in [-0.15, -0.1) is 11.3 Å². The van der Waals surface area contributed by atoms with Crippen molar-refractivity contribution in [3.05, 3.63) is 66.6 Å². The first kappa shape index (κ1) is 21.4. The highest BCUT2D eigenvalue weighted by molar-refractivity contribution is 7.92. The number of nitrogens with one attached hydrogen (secondary N) is 1. The van der Waals surface area contributed by atoms with E-state index in [1.807, 2.05) is 12.1 Å². The number of aromatic nitrogens is 2.